The number of carbonyl (C=O) groups is 1. The van der Waals surface area contributed by atoms with Gasteiger partial charge in [0.2, 0.25) is 0 Å². The van der Waals surface area contributed by atoms with E-state index in [0.717, 1.165) is 6.42 Å². The van der Waals surface area contributed by atoms with Gasteiger partial charge in [-0.05, 0) is 43.5 Å². The molecule has 0 saturated carbocycles. The largest absolute Gasteiger partial charge is 0.388 e. The lowest BCUT2D eigenvalue weighted by Gasteiger charge is -2.29. The lowest BCUT2D eigenvalue weighted by molar-refractivity contribution is 0.00592. The summed E-state index contributed by atoms with van der Waals surface area (Å²) >= 11 is 0. The molecule has 0 radical (unpaired) electrons. The van der Waals surface area contributed by atoms with E-state index in [1.165, 1.54) is 18.2 Å². The maximum absolute atomic E-state index is 13.1. The molecule has 3 nitrogen and oxygen atoms in total. The van der Waals surface area contributed by atoms with Gasteiger partial charge in [-0.3, -0.25) is 4.79 Å². The van der Waals surface area contributed by atoms with Crippen molar-refractivity contribution in [3.63, 3.8) is 0 Å². The van der Waals surface area contributed by atoms with E-state index >= 15 is 0 Å². The molecule has 4 heteroatoms. The maximum atomic E-state index is 13.1. The Balaban J connectivity index is 2.68. The van der Waals surface area contributed by atoms with E-state index in [-0.39, 0.29) is 24.2 Å². The molecule has 1 rings (SSSR count). The minimum absolute atomic E-state index is 0.0859. The smallest absolute Gasteiger partial charge is 0.251 e. The first-order valence-corrected chi connectivity index (χ1v) is 6.54. The van der Waals surface area contributed by atoms with Crippen molar-refractivity contribution in [1.82, 2.24) is 5.32 Å². The van der Waals surface area contributed by atoms with Gasteiger partial charge in [-0.2, -0.15) is 0 Å². The van der Waals surface area contributed by atoms with Crippen molar-refractivity contribution in [2.45, 2.75) is 39.7 Å². The maximum Gasteiger partial charge on any atom is 0.251 e. The summed E-state index contributed by atoms with van der Waals surface area (Å²) in [6, 6.07) is 4.22. The van der Waals surface area contributed by atoms with E-state index in [9.17, 15) is 14.3 Å². The van der Waals surface area contributed by atoms with Crippen LogP contribution in [0, 0.1) is 18.7 Å². The third kappa shape index (κ3) is 4.03. The van der Waals surface area contributed by atoms with Crippen LogP contribution in [0.4, 0.5) is 4.39 Å². The van der Waals surface area contributed by atoms with Crippen molar-refractivity contribution in [2.75, 3.05) is 6.54 Å². The van der Waals surface area contributed by atoms with Crippen LogP contribution in [0.25, 0.3) is 0 Å². The monoisotopic (exact) mass is 267 g/mol. The van der Waals surface area contributed by atoms with E-state index in [0.29, 0.717) is 11.1 Å². The molecule has 0 saturated heterocycles. The number of amides is 1. The van der Waals surface area contributed by atoms with Crippen molar-refractivity contribution < 1.29 is 14.3 Å². The number of hydrogen-bond donors (Lipinski definition) is 2. The summed E-state index contributed by atoms with van der Waals surface area (Å²) in [7, 11) is 0. The van der Waals surface area contributed by atoms with Crippen molar-refractivity contribution in [3.8, 4) is 0 Å². The third-order valence-electron chi connectivity index (χ3n) is 3.70. The quantitative estimate of drug-likeness (QED) is 0.861. The lowest BCUT2D eigenvalue weighted by Crippen LogP contribution is -2.45. The predicted octanol–water partition coefficient (Wildman–Crippen LogP) is 2.66. The summed E-state index contributed by atoms with van der Waals surface area (Å²) in [5, 5.41) is 12.9. The van der Waals surface area contributed by atoms with Gasteiger partial charge < -0.3 is 10.4 Å². The fourth-order valence-corrected chi connectivity index (χ4v) is 1.76. The number of aryl methyl sites for hydroxylation is 1. The van der Waals surface area contributed by atoms with Crippen LogP contribution in [0.5, 0.6) is 0 Å². The minimum Gasteiger partial charge on any atom is -0.388 e. The van der Waals surface area contributed by atoms with Gasteiger partial charge in [-0.15, -0.1) is 0 Å². The van der Waals surface area contributed by atoms with E-state index in [2.05, 4.69) is 5.32 Å². The molecule has 0 spiro atoms. The van der Waals surface area contributed by atoms with Crippen molar-refractivity contribution in [2.24, 2.45) is 5.92 Å². The minimum atomic E-state index is -0.945. The van der Waals surface area contributed by atoms with Gasteiger partial charge in [0.25, 0.3) is 5.91 Å². The second-order valence-corrected chi connectivity index (χ2v) is 5.31. The van der Waals surface area contributed by atoms with Crippen LogP contribution in [0.2, 0.25) is 0 Å². The van der Waals surface area contributed by atoms with Gasteiger partial charge >= 0.3 is 0 Å². The Morgan fingerprint density at radius 3 is 2.68 bits per heavy atom. The fraction of sp³-hybridized carbons (Fsp3) is 0.533. The number of carbonyl (C=O) groups excluding carboxylic acids is 1. The van der Waals surface area contributed by atoms with Gasteiger partial charge in [-0.1, -0.05) is 20.3 Å². The molecule has 0 aliphatic heterocycles. The molecule has 2 N–H and O–H groups in total. The zero-order valence-electron chi connectivity index (χ0n) is 12.0. The number of halogens is 1. The van der Waals surface area contributed by atoms with Crippen LogP contribution in [0.15, 0.2) is 18.2 Å². The van der Waals surface area contributed by atoms with Crippen molar-refractivity contribution >= 4 is 5.91 Å². The molecule has 0 fully saturated rings. The highest BCUT2D eigenvalue weighted by molar-refractivity contribution is 5.94. The molecule has 1 aromatic rings. The molecule has 2 atom stereocenters. The Kier molecular flexibility index (Phi) is 5.06. The summed E-state index contributed by atoms with van der Waals surface area (Å²) in [5.74, 6) is -0.544. The highest BCUT2D eigenvalue weighted by Gasteiger charge is 2.27. The number of nitrogens with one attached hydrogen (secondary N) is 1. The predicted molar refractivity (Wildman–Crippen MR) is 73.5 cm³/mol. The zero-order chi connectivity index (χ0) is 14.6. The number of aliphatic hydroxyl groups is 1. The van der Waals surface area contributed by atoms with E-state index in [1.807, 2.05) is 13.8 Å². The highest BCUT2D eigenvalue weighted by Crippen LogP contribution is 2.19. The highest BCUT2D eigenvalue weighted by atomic mass is 19.1. The number of benzene rings is 1. The summed E-state index contributed by atoms with van der Waals surface area (Å²) in [5.41, 5.74) is -0.111. The van der Waals surface area contributed by atoms with Crippen LogP contribution in [-0.4, -0.2) is 23.2 Å². The van der Waals surface area contributed by atoms with Crippen LogP contribution in [0.1, 0.15) is 43.1 Å². The molecular formula is C15H22FNO2. The first kappa shape index (κ1) is 15.6. The molecule has 0 heterocycles. The average molecular weight is 267 g/mol. The molecule has 2 unspecified atom stereocenters. The molecule has 19 heavy (non-hydrogen) atoms. The van der Waals surface area contributed by atoms with Crippen LogP contribution >= 0.6 is 0 Å². The van der Waals surface area contributed by atoms with Crippen LogP contribution in [0.3, 0.4) is 0 Å². The second kappa shape index (κ2) is 6.15. The molecule has 0 bridgehead atoms. The first-order chi connectivity index (χ1) is 8.77. The SMILES string of the molecule is CCC(C)C(C)(O)CNC(=O)c1ccc(F)c(C)c1. The Morgan fingerprint density at radius 2 is 2.16 bits per heavy atom. The zero-order valence-corrected chi connectivity index (χ0v) is 12.0. The Morgan fingerprint density at radius 1 is 1.53 bits per heavy atom. The van der Waals surface area contributed by atoms with Gasteiger partial charge in [-0.25, -0.2) is 4.39 Å². The summed E-state index contributed by atoms with van der Waals surface area (Å²) < 4.78 is 13.1. The molecule has 106 valence electrons. The normalized spacial score (nSPS) is 15.7. The second-order valence-electron chi connectivity index (χ2n) is 5.31. The first-order valence-electron chi connectivity index (χ1n) is 6.54. The topological polar surface area (TPSA) is 49.3 Å². The molecular weight excluding hydrogens is 245 g/mol. The van der Waals surface area contributed by atoms with Crippen molar-refractivity contribution in [1.29, 1.82) is 0 Å². The number of hydrogen-bond acceptors (Lipinski definition) is 2. The molecule has 1 aromatic carbocycles. The molecule has 1 amide bonds. The summed E-state index contributed by atoms with van der Waals surface area (Å²) in [4.78, 5) is 11.9. The summed E-state index contributed by atoms with van der Waals surface area (Å²) in [6.07, 6.45) is 0.832. The average Bonchev–Trinajstić information content (AvgIpc) is 2.38. The standard InChI is InChI=1S/C15H22FNO2/c1-5-11(3)15(4,19)9-17-14(18)12-6-7-13(16)10(2)8-12/h6-8,11,19H,5,9H2,1-4H3,(H,17,18). The van der Waals surface area contributed by atoms with Gasteiger partial charge in [0, 0.05) is 12.1 Å². The van der Waals surface area contributed by atoms with Gasteiger partial charge in [0.1, 0.15) is 5.82 Å². The van der Waals surface area contributed by atoms with Gasteiger partial charge in [0.15, 0.2) is 0 Å². The van der Waals surface area contributed by atoms with Crippen molar-refractivity contribution in [3.05, 3.63) is 35.1 Å². The van der Waals surface area contributed by atoms with E-state index in [4.69, 9.17) is 0 Å². The Labute approximate surface area is 113 Å². The van der Waals surface area contributed by atoms with E-state index in [1.54, 1.807) is 13.8 Å². The van der Waals surface area contributed by atoms with Crippen LogP contribution in [-0.2, 0) is 0 Å². The third-order valence-corrected chi connectivity index (χ3v) is 3.70. The molecule has 0 aromatic heterocycles. The Hall–Kier alpha value is -1.42. The molecule has 0 aliphatic rings. The van der Waals surface area contributed by atoms with Gasteiger partial charge in [0.05, 0.1) is 5.60 Å². The Bertz CT molecular complexity index is 457. The molecule has 0 aliphatic carbocycles. The fourth-order valence-electron chi connectivity index (χ4n) is 1.76. The summed E-state index contributed by atoms with van der Waals surface area (Å²) in [6.45, 7) is 7.43. The van der Waals surface area contributed by atoms with Crippen LogP contribution < -0.4 is 5.32 Å². The lowest BCUT2D eigenvalue weighted by atomic mass is 9.88. The number of rotatable bonds is 5. The van der Waals surface area contributed by atoms with E-state index < -0.39 is 5.60 Å².